The van der Waals surface area contributed by atoms with Gasteiger partial charge in [0.1, 0.15) is 16.4 Å². The first-order valence-corrected chi connectivity index (χ1v) is 8.66. The Morgan fingerprint density at radius 2 is 1.96 bits per heavy atom. The monoisotopic (exact) mass is 386 g/mol. The van der Waals surface area contributed by atoms with Crippen molar-refractivity contribution in [3.8, 4) is 11.3 Å². The quantitative estimate of drug-likeness (QED) is 0.460. The van der Waals surface area contributed by atoms with Crippen molar-refractivity contribution < 1.29 is 28.6 Å². The molecule has 8 nitrogen and oxygen atoms in total. The van der Waals surface area contributed by atoms with E-state index in [4.69, 9.17) is 13.9 Å². The van der Waals surface area contributed by atoms with Gasteiger partial charge in [0.25, 0.3) is 5.22 Å². The number of aryl methyl sites for hydroxylation is 1. The molecule has 27 heavy (non-hydrogen) atoms. The molecule has 0 amide bonds. The molecule has 0 saturated carbocycles. The number of aromatic nitrogens is 2. The molecule has 2 N–H and O–H groups in total. The minimum absolute atomic E-state index is 0.0542. The highest BCUT2D eigenvalue weighted by Crippen LogP contribution is 2.30. The lowest BCUT2D eigenvalue weighted by Crippen LogP contribution is -1.96. The van der Waals surface area contributed by atoms with Gasteiger partial charge in [-0.2, -0.15) is 0 Å². The maximum absolute atomic E-state index is 11.5. The van der Waals surface area contributed by atoms with Gasteiger partial charge in [0, 0.05) is 18.1 Å². The van der Waals surface area contributed by atoms with Crippen LogP contribution in [0.15, 0.2) is 55.4 Å². The van der Waals surface area contributed by atoms with Crippen LogP contribution in [0.3, 0.4) is 0 Å². The van der Waals surface area contributed by atoms with Crippen LogP contribution in [0.1, 0.15) is 28.9 Å². The number of carbonyl (C=O) groups is 2. The molecule has 3 rings (SSSR count). The maximum Gasteiger partial charge on any atom is 0.342 e. The lowest BCUT2D eigenvalue weighted by molar-refractivity contribution is -0.131. The van der Waals surface area contributed by atoms with Crippen molar-refractivity contribution >= 4 is 29.8 Å². The molecule has 3 aromatic rings. The van der Waals surface area contributed by atoms with E-state index in [9.17, 15) is 14.7 Å². The van der Waals surface area contributed by atoms with Crippen LogP contribution in [0.4, 0.5) is 0 Å². The van der Waals surface area contributed by atoms with E-state index < -0.39 is 11.9 Å². The van der Waals surface area contributed by atoms with Crippen LogP contribution in [0.5, 0.6) is 0 Å². The molecule has 0 aliphatic rings. The Morgan fingerprint density at radius 3 is 2.63 bits per heavy atom. The number of aliphatic carboxylic acids is 1. The Bertz CT molecular complexity index is 1020. The summed E-state index contributed by atoms with van der Waals surface area (Å²) in [7, 11) is 0. The lowest BCUT2D eigenvalue weighted by Gasteiger charge is -1.99. The molecule has 0 aliphatic heterocycles. The Balaban J connectivity index is 1.85. The molecule has 138 valence electrons. The summed E-state index contributed by atoms with van der Waals surface area (Å²) in [6.45, 7) is 1.85. The summed E-state index contributed by atoms with van der Waals surface area (Å²) in [5.41, 5.74) is 0.703. The summed E-state index contributed by atoms with van der Waals surface area (Å²) in [5, 5.41) is 26.2. The van der Waals surface area contributed by atoms with Crippen molar-refractivity contribution in [2.45, 2.75) is 18.6 Å². The van der Waals surface area contributed by atoms with Gasteiger partial charge in [0.2, 0.25) is 5.89 Å². The molecule has 0 spiro atoms. The number of hydrogen-bond acceptors (Lipinski definition) is 7. The number of furan rings is 1. The fourth-order valence-corrected chi connectivity index (χ4v) is 2.84. The first kappa shape index (κ1) is 18.5. The first-order chi connectivity index (χ1) is 13.0. The smallest absolute Gasteiger partial charge is 0.342 e. The Kier molecular flexibility index (Phi) is 5.41. The third-order valence-electron chi connectivity index (χ3n) is 3.45. The largest absolute Gasteiger partial charge is 0.478 e. The number of nitrogens with zero attached hydrogens (tertiary/aromatic N) is 2. The molecule has 0 bridgehead atoms. The predicted molar refractivity (Wildman–Crippen MR) is 96.2 cm³/mol. The molecule has 0 atom stereocenters. The zero-order valence-electron chi connectivity index (χ0n) is 14.1. The summed E-state index contributed by atoms with van der Waals surface area (Å²) >= 11 is 0.823. The number of hydrogen-bond donors (Lipinski definition) is 2. The highest BCUT2D eigenvalue weighted by Gasteiger charge is 2.16. The zero-order chi connectivity index (χ0) is 19.4. The molecule has 0 fully saturated rings. The van der Waals surface area contributed by atoms with Gasteiger partial charge in [0.05, 0.1) is 5.56 Å². The number of aromatic carboxylic acids is 1. The fourth-order valence-electron chi connectivity index (χ4n) is 2.17. The molecule has 0 radical (unpaired) electrons. The number of thioether (sulfide) groups is 1. The second-order valence-corrected chi connectivity index (χ2v) is 6.31. The summed E-state index contributed by atoms with van der Waals surface area (Å²) in [6.07, 6.45) is 1.89. The van der Waals surface area contributed by atoms with Gasteiger partial charge in [-0.1, -0.05) is 19.1 Å². The molecule has 0 unspecified atom stereocenters. The van der Waals surface area contributed by atoms with Gasteiger partial charge in [-0.25, -0.2) is 9.59 Å². The molecule has 2 aromatic heterocycles. The van der Waals surface area contributed by atoms with Crippen LogP contribution in [-0.4, -0.2) is 32.3 Å². The van der Waals surface area contributed by atoms with Crippen LogP contribution in [0.2, 0.25) is 0 Å². The van der Waals surface area contributed by atoms with E-state index in [0.717, 1.165) is 11.8 Å². The first-order valence-electron chi connectivity index (χ1n) is 7.85. The normalized spacial score (nSPS) is 11.5. The van der Waals surface area contributed by atoms with Crippen molar-refractivity contribution in [3.63, 3.8) is 0 Å². The molecule has 9 heteroatoms. The third-order valence-corrected chi connectivity index (χ3v) is 4.30. The number of rotatable bonds is 7. The molecule has 0 saturated heterocycles. The van der Waals surface area contributed by atoms with Gasteiger partial charge in [-0.3, -0.25) is 0 Å². The minimum Gasteiger partial charge on any atom is -0.478 e. The average Bonchev–Trinajstić information content (AvgIpc) is 3.30. The van der Waals surface area contributed by atoms with Crippen LogP contribution in [-0.2, 0) is 11.2 Å². The topological polar surface area (TPSA) is 127 Å². The highest BCUT2D eigenvalue weighted by atomic mass is 32.2. The van der Waals surface area contributed by atoms with E-state index >= 15 is 0 Å². The highest BCUT2D eigenvalue weighted by molar-refractivity contribution is 8.03. The fraction of sp³-hybridized carbons (Fsp3) is 0.111. The van der Waals surface area contributed by atoms with Crippen molar-refractivity contribution in [1.29, 1.82) is 0 Å². The SMILES string of the molecule is CCc1nnc(S/C(=C\c2ccc(-c3cccc(C(=O)O)c3)o2)C(=O)O)o1. The molecule has 2 heterocycles. The summed E-state index contributed by atoms with van der Waals surface area (Å²) in [4.78, 5) is 22.5. The van der Waals surface area contributed by atoms with Crippen molar-refractivity contribution in [2.24, 2.45) is 0 Å². The van der Waals surface area contributed by atoms with E-state index in [2.05, 4.69) is 10.2 Å². The van der Waals surface area contributed by atoms with Crippen molar-refractivity contribution in [2.75, 3.05) is 0 Å². The van der Waals surface area contributed by atoms with Crippen LogP contribution in [0.25, 0.3) is 17.4 Å². The summed E-state index contributed by atoms with van der Waals surface area (Å²) < 4.78 is 10.9. The van der Waals surface area contributed by atoms with Gasteiger partial charge < -0.3 is 19.0 Å². The van der Waals surface area contributed by atoms with Crippen molar-refractivity contribution in [3.05, 3.63) is 58.5 Å². The van der Waals surface area contributed by atoms with Gasteiger partial charge in [-0.15, -0.1) is 10.2 Å². The number of benzene rings is 1. The van der Waals surface area contributed by atoms with E-state index in [0.29, 0.717) is 29.4 Å². The van der Waals surface area contributed by atoms with Gasteiger partial charge in [-0.05, 0) is 36.0 Å². The predicted octanol–water partition coefficient (Wildman–Crippen LogP) is 3.81. The second kappa shape index (κ2) is 7.92. The molecule has 1 aromatic carbocycles. The van der Waals surface area contributed by atoms with E-state index in [1.54, 1.807) is 24.3 Å². The third kappa shape index (κ3) is 4.45. The van der Waals surface area contributed by atoms with Gasteiger partial charge in [0.15, 0.2) is 0 Å². The van der Waals surface area contributed by atoms with Crippen LogP contribution >= 0.6 is 11.8 Å². The zero-order valence-corrected chi connectivity index (χ0v) is 14.9. The average molecular weight is 386 g/mol. The standard InChI is InChI=1S/C18H14N2O6S/c1-2-15-19-20-18(26-15)27-14(17(23)24)9-12-6-7-13(25-12)10-4-3-5-11(8-10)16(21)22/h3-9H,2H2,1H3,(H,21,22)(H,23,24)/b14-9-. The Labute approximate surface area is 157 Å². The summed E-state index contributed by atoms with van der Waals surface area (Å²) in [6, 6.07) is 9.50. The van der Waals surface area contributed by atoms with Gasteiger partial charge >= 0.3 is 11.9 Å². The van der Waals surface area contributed by atoms with E-state index in [1.165, 1.54) is 18.2 Å². The van der Waals surface area contributed by atoms with Crippen LogP contribution in [0, 0.1) is 0 Å². The second-order valence-electron chi connectivity index (χ2n) is 5.32. The Hall–Kier alpha value is -3.33. The maximum atomic E-state index is 11.5. The lowest BCUT2D eigenvalue weighted by atomic mass is 10.1. The summed E-state index contributed by atoms with van der Waals surface area (Å²) in [5.74, 6) is -1.07. The van der Waals surface area contributed by atoms with E-state index in [1.807, 2.05) is 6.92 Å². The molecule has 0 aliphatic carbocycles. The number of carboxylic acids is 2. The molecular weight excluding hydrogens is 372 g/mol. The number of carboxylic acid groups (broad SMARTS) is 2. The Morgan fingerprint density at radius 1 is 1.15 bits per heavy atom. The van der Waals surface area contributed by atoms with Crippen molar-refractivity contribution in [1.82, 2.24) is 10.2 Å². The van der Waals surface area contributed by atoms with E-state index in [-0.39, 0.29) is 15.7 Å². The minimum atomic E-state index is -1.16. The molecular formula is C18H14N2O6S. The van der Waals surface area contributed by atoms with Crippen LogP contribution < -0.4 is 0 Å².